The SMILES string of the molecule is O=C1N2c3cc(F)ccc3Bc3ccc4ccc5c(c4c32)N1c1cc(F)ccc1B5c1c(C(F)(F)F)cccc1C(F)(F)F. The van der Waals surface area contributed by atoms with Crippen LogP contribution in [0.4, 0.5) is 62.7 Å². The fourth-order valence-corrected chi connectivity index (χ4v) is 6.95. The number of fused-ring (bicyclic) bond motifs is 4. The number of benzene rings is 5. The predicted molar refractivity (Wildman–Crippen MR) is 154 cm³/mol. The van der Waals surface area contributed by atoms with Crippen molar-refractivity contribution in [3.05, 3.63) is 102 Å². The summed E-state index contributed by atoms with van der Waals surface area (Å²) in [6.45, 7) is -1.67. The minimum atomic E-state index is -5.17. The molecule has 0 aromatic heterocycles. The summed E-state index contributed by atoms with van der Waals surface area (Å²) in [6, 6.07) is 14.6. The highest BCUT2D eigenvalue weighted by molar-refractivity contribution is 6.99. The summed E-state index contributed by atoms with van der Waals surface area (Å²) in [5, 5.41) is 0.927. The van der Waals surface area contributed by atoms with Crippen LogP contribution >= 0.6 is 0 Å². The topological polar surface area (TPSA) is 23.6 Å². The van der Waals surface area contributed by atoms with Gasteiger partial charge >= 0.3 is 18.4 Å². The molecule has 3 heterocycles. The van der Waals surface area contributed by atoms with E-state index in [0.717, 1.165) is 23.1 Å². The molecule has 2 amide bonds. The van der Waals surface area contributed by atoms with Crippen molar-refractivity contribution in [1.29, 1.82) is 0 Å². The van der Waals surface area contributed by atoms with Crippen molar-refractivity contribution >= 4 is 80.9 Å². The lowest BCUT2D eigenvalue weighted by Crippen LogP contribution is -2.63. The highest BCUT2D eigenvalue weighted by Crippen LogP contribution is 2.47. The van der Waals surface area contributed by atoms with E-state index >= 15 is 0 Å². The van der Waals surface area contributed by atoms with Crippen molar-refractivity contribution in [2.24, 2.45) is 0 Å². The fraction of sp³-hybridized carbons (Fsp3) is 0.0645. The first kappa shape index (κ1) is 26.8. The number of carbonyl (C=O) groups is 1. The van der Waals surface area contributed by atoms with Gasteiger partial charge in [-0.15, -0.1) is 0 Å². The number of hydrogen-bond donors (Lipinski definition) is 0. The molecule has 8 rings (SSSR count). The Hall–Kier alpha value is -4.80. The minimum Gasteiger partial charge on any atom is -0.263 e. The summed E-state index contributed by atoms with van der Waals surface area (Å²) >= 11 is 0. The van der Waals surface area contributed by atoms with Crippen molar-refractivity contribution in [2.75, 3.05) is 9.80 Å². The molecule has 0 unspecified atom stereocenters. The van der Waals surface area contributed by atoms with E-state index in [2.05, 4.69) is 0 Å². The van der Waals surface area contributed by atoms with E-state index in [1.54, 1.807) is 24.3 Å². The molecule has 0 saturated carbocycles. The maximum Gasteiger partial charge on any atom is 0.415 e. The second-order valence-corrected chi connectivity index (χ2v) is 11.0. The van der Waals surface area contributed by atoms with Crippen molar-refractivity contribution in [2.45, 2.75) is 12.4 Å². The molecule has 0 N–H and O–H groups in total. The van der Waals surface area contributed by atoms with Crippen LogP contribution < -0.4 is 37.1 Å². The number of nitrogens with zero attached hydrogens (tertiary/aromatic N) is 2. The number of anilines is 4. The quantitative estimate of drug-likeness (QED) is 0.193. The number of urea groups is 1. The summed E-state index contributed by atoms with van der Waals surface area (Å²) in [4.78, 5) is 16.9. The number of alkyl halides is 6. The van der Waals surface area contributed by atoms with Crippen molar-refractivity contribution in [1.82, 2.24) is 0 Å². The molecule has 0 radical (unpaired) electrons. The van der Waals surface area contributed by atoms with Crippen LogP contribution in [0.5, 0.6) is 0 Å². The highest BCUT2D eigenvalue weighted by atomic mass is 19.4. The summed E-state index contributed by atoms with van der Waals surface area (Å²) in [5.41, 5.74) is -2.37. The fourth-order valence-electron chi connectivity index (χ4n) is 6.95. The molecule has 0 bridgehead atoms. The third-order valence-corrected chi connectivity index (χ3v) is 8.61. The van der Waals surface area contributed by atoms with Gasteiger partial charge in [-0.1, -0.05) is 65.5 Å². The molecule has 0 spiro atoms. The summed E-state index contributed by atoms with van der Waals surface area (Å²) in [6.07, 6.45) is -10.3. The normalized spacial score (nSPS) is 14.9. The molecule has 44 heavy (non-hydrogen) atoms. The van der Waals surface area contributed by atoms with Crippen LogP contribution in [-0.4, -0.2) is 20.0 Å². The van der Waals surface area contributed by atoms with Gasteiger partial charge in [-0.2, -0.15) is 26.3 Å². The zero-order valence-corrected chi connectivity index (χ0v) is 22.1. The van der Waals surface area contributed by atoms with E-state index in [-0.39, 0.29) is 28.0 Å². The van der Waals surface area contributed by atoms with E-state index in [0.29, 0.717) is 52.9 Å². The first-order valence-corrected chi connectivity index (χ1v) is 13.4. The predicted octanol–water partition coefficient (Wildman–Crippen LogP) is 5.10. The molecule has 216 valence electrons. The second kappa shape index (κ2) is 8.64. The Morgan fingerprint density at radius 3 is 1.89 bits per heavy atom. The Balaban J connectivity index is 1.54. The van der Waals surface area contributed by atoms with Gasteiger partial charge in [0, 0.05) is 16.8 Å². The molecular formula is C31H14B2F8N2O. The average molecular weight is 604 g/mol. The summed E-state index contributed by atoms with van der Waals surface area (Å²) in [7, 11) is 0.304. The molecule has 3 aliphatic rings. The lowest BCUT2D eigenvalue weighted by molar-refractivity contribution is -0.141. The number of carbonyl (C=O) groups excluding carboxylic acids is 1. The van der Waals surface area contributed by atoms with Crippen molar-refractivity contribution in [3.8, 4) is 0 Å². The average Bonchev–Trinajstić information content (AvgIpc) is 2.96. The van der Waals surface area contributed by atoms with Crippen LogP contribution in [0.2, 0.25) is 0 Å². The molecule has 3 aliphatic heterocycles. The molecule has 0 saturated heterocycles. The van der Waals surface area contributed by atoms with Crippen LogP contribution in [0, 0.1) is 11.6 Å². The zero-order chi connectivity index (χ0) is 30.9. The lowest BCUT2D eigenvalue weighted by atomic mass is 9.33. The smallest absolute Gasteiger partial charge is 0.263 e. The maximum atomic E-state index is 14.9. The highest BCUT2D eigenvalue weighted by Gasteiger charge is 2.50. The van der Waals surface area contributed by atoms with Crippen LogP contribution in [0.15, 0.2) is 78.9 Å². The maximum absolute atomic E-state index is 14.9. The van der Waals surface area contributed by atoms with E-state index in [1.807, 2.05) is 0 Å². The van der Waals surface area contributed by atoms with Gasteiger partial charge in [0.1, 0.15) is 11.6 Å². The van der Waals surface area contributed by atoms with Gasteiger partial charge in [0.2, 0.25) is 6.71 Å². The minimum absolute atomic E-state index is 0.0187. The molecular weight excluding hydrogens is 590 g/mol. The molecule has 5 aromatic carbocycles. The van der Waals surface area contributed by atoms with Crippen LogP contribution in [0.3, 0.4) is 0 Å². The molecule has 0 fully saturated rings. The van der Waals surface area contributed by atoms with Gasteiger partial charge in [0.05, 0.1) is 22.5 Å². The Bertz CT molecular complexity index is 2080. The number of rotatable bonds is 1. The van der Waals surface area contributed by atoms with Crippen molar-refractivity contribution in [3.63, 3.8) is 0 Å². The second-order valence-electron chi connectivity index (χ2n) is 11.0. The Labute approximate surface area is 244 Å². The number of hydrogen-bond acceptors (Lipinski definition) is 1. The van der Waals surface area contributed by atoms with Gasteiger partial charge in [0.15, 0.2) is 7.28 Å². The number of halogens is 8. The van der Waals surface area contributed by atoms with Gasteiger partial charge in [-0.25, -0.2) is 13.6 Å². The van der Waals surface area contributed by atoms with E-state index < -0.39 is 53.3 Å². The largest absolute Gasteiger partial charge is 0.415 e. The molecule has 0 atom stereocenters. The lowest BCUT2D eigenvalue weighted by Gasteiger charge is -2.45. The van der Waals surface area contributed by atoms with E-state index in [4.69, 9.17) is 0 Å². The van der Waals surface area contributed by atoms with E-state index in [9.17, 15) is 39.9 Å². The molecule has 13 heteroatoms. The first-order chi connectivity index (χ1) is 20.8. The first-order valence-electron chi connectivity index (χ1n) is 13.4. The van der Waals surface area contributed by atoms with Gasteiger partial charge in [-0.05, 0) is 46.0 Å². The third kappa shape index (κ3) is 3.55. The standard InChI is InChI=1S/C31H14B2F8N2O/c34-15-6-9-19-23(12-15)42-27-20(32-19)8-4-14-5-10-22-28(25(14)27)43(29(42)44)24-13-16(35)7-11-21(24)33(22)26-17(30(36,37)38)2-1-3-18(26)31(39,40)41/h1-13,32H. The Morgan fingerprint density at radius 1 is 0.636 bits per heavy atom. The molecule has 5 aromatic rings. The van der Waals surface area contributed by atoms with Crippen LogP contribution in [0.1, 0.15) is 11.1 Å². The molecule has 3 nitrogen and oxygen atoms in total. The Kier molecular flexibility index (Phi) is 5.27. The monoisotopic (exact) mass is 604 g/mol. The van der Waals surface area contributed by atoms with Crippen LogP contribution in [0.25, 0.3) is 10.8 Å². The number of amides is 2. The van der Waals surface area contributed by atoms with E-state index in [1.165, 1.54) is 23.1 Å². The molecule has 0 aliphatic carbocycles. The summed E-state index contributed by atoms with van der Waals surface area (Å²) < 4.78 is 116. The van der Waals surface area contributed by atoms with Crippen molar-refractivity contribution < 1.29 is 39.9 Å². The zero-order valence-electron chi connectivity index (χ0n) is 22.1. The van der Waals surface area contributed by atoms with Gasteiger partial charge < -0.3 is 0 Å². The Morgan fingerprint density at radius 2 is 1.20 bits per heavy atom. The summed E-state index contributed by atoms with van der Waals surface area (Å²) in [5.74, 6) is -1.46. The van der Waals surface area contributed by atoms with Gasteiger partial charge in [-0.3, -0.25) is 9.80 Å². The third-order valence-electron chi connectivity index (χ3n) is 8.61. The van der Waals surface area contributed by atoms with Gasteiger partial charge in [0.25, 0.3) is 0 Å². The van der Waals surface area contributed by atoms with Crippen LogP contribution in [-0.2, 0) is 12.4 Å².